The Morgan fingerprint density at radius 2 is 1.71 bits per heavy atom. The molecule has 2 rings (SSSR count). The summed E-state index contributed by atoms with van der Waals surface area (Å²) in [4.78, 5) is 36.6. The Morgan fingerprint density at radius 3 is 2.25 bits per heavy atom. The molecule has 0 atom stereocenters. The summed E-state index contributed by atoms with van der Waals surface area (Å²) in [6.07, 6.45) is 6.35. The highest BCUT2D eigenvalue weighted by atomic mass is 16.6. The molecule has 7 heteroatoms. The Bertz CT molecular complexity index is 636. The van der Waals surface area contributed by atoms with E-state index in [1.54, 1.807) is 11.9 Å². The van der Waals surface area contributed by atoms with Crippen LogP contribution < -0.4 is 0 Å². The molecule has 1 aliphatic rings. The SMILES string of the molecule is COC(=O)c1cc(C(=O)N(C)C2CCCCCC2)cc([N+](=O)[O-])c1. The maximum absolute atomic E-state index is 12.7. The van der Waals surface area contributed by atoms with E-state index in [0.29, 0.717) is 0 Å². The van der Waals surface area contributed by atoms with Crippen LogP contribution in [0.25, 0.3) is 0 Å². The number of amides is 1. The smallest absolute Gasteiger partial charge is 0.338 e. The van der Waals surface area contributed by atoms with Crippen molar-refractivity contribution in [1.82, 2.24) is 4.90 Å². The third-order valence-corrected chi connectivity index (χ3v) is 4.49. The maximum Gasteiger partial charge on any atom is 0.338 e. The monoisotopic (exact) mass is 334 g/mol. The Morgan fingerprint density at radius 1 is 1.12 bits per heavy atom. The molecular weight excluding hydrogens is 312 g/mol. The normalized spacial score (nSPS) is 15.4. The number of carbonyl (C=O) groups is 2. The summed E-state index contributed by atoms with van der Waals surface area (Å²) in [5.74, 6) is -1.01. The molecule has 0 N–H and O–H groups in total. The Balaban J connectivity index is 2.31. The zero-order valence-corrected chi connectivity index (χ0v) is 14.0. The number of ether oxygens (including phenoxy) is 1. The van der Waals surface area contributed by atoms with Crippen LogP contribution in [0.15, 0.2) is 18.2 Å². The van der Waals surface area contributed by atoms with Crippen LogP contribution in [0, 0.1) is 10.1 Å². The lowest BCUT2D eigenvalue weighted by molar-refractivity contribution is -0.384. The highest BCUT2D eigenvalue weighted by molar-refractivity contribution is 5.99. The van der Waals surface area contributed by atoms with Gasteiger partial charge < -0.3 is 9.64 Å². The van der Waals surface area contributed by atoms with Gasteiger partial charge in [0.1, 0.15) is 0 Å². The molecular formula is C17H22N2O5. The van der Waals surface area contributed by atoms with E-state index in [1.807, 2.05) is 0 Å². The fourth-order valence-corrected chi connectivity index (χ4v) is 3.09. The fraction of sp³-hybridized carbons (Fsp3) is 0.529. The van der Waals surface area contributed by atoms with E-state index in [4.69, 9.17) is 0 Å². The molecule has 1 saturated carbocycles. The first-order valence-electron chi connectivity index (χ1n) is 8.09. The first-order chi connectivity index (χ1) is 11.4. The average Bonchev–Trinajstić information content (AvgIpc) is 2.88. The van der Waals surface area contributed by atoms with Crippen molar-refractivity contribution in [2.75, 3.05) is 14.2 Å². The highest BCUT2D eigenvalue weighted by Crippen LogP contribution is 2.24. The molecule has 0 saturated heterocycles. The lowest BCUT2D eigenvalue weighted by Crippen LogP contribution is -2.36. The summed E-state index contributed by atoms with van der Waals surface area (Å²) in [6.45, 7) is 0. The molecule has 0 bridgehead atoms. The van der Waals surface area contributed by atoms with Crippen LogP contribution in [0.2, 0.25) is 0 Å². The molecule has 1 fully saturated rings. The van der Waals surface area contributed by atoms with Crippen molar-refractivity contribution in [2.45, 2.75) is 44.6 Å². The van der Waals surface area contributed by atoms with Gasteiger partial charge >= 0.3 is 5.97 Å². The van der Waals surface area contributed by atoms with Gasteiger partial charge in [0, 0.05) is 30.8 Å². The van der Waals surface area contributed by atoms with E-state index in [0.717, 1.165) is 31.7 Å². The van der Waals surface area contributed by atoms with Crippen LogP contribution in [0.1, 0.15) is 59.2 Å². The summed E-state index contributed by atoms with van der Waals surface area (Å²) in [5.41, 5.74) is -0.156. The molecule has 130 valence electrons. The van der Waals surface area contributed by atoms with Crippen LogP contribution >= 0.6 is 0 Å². The molecule has 7 nitrogen and oxygen atoms in total. The second kappa shape index (κ2) is 7.90. The Hall–Kier alpha value is -2.44. The number of methoxy groups -OCH3 is 1. The molecule has 0 spiro atoms. The van der Waals surface area contributed by atoms with Crippen LogP contribution in [0.5, 0.6) is 0 Å². The Labute approximate surface area is 140 Å². The molecule has 1 aliphatic carbocycles. The zero-order chi connectivity index (χ0) is 17.7. The van der Waals surface area contributed by atoms with E-state index in [1.165, 1.54) is 32.1 Å². The summed E-state index contributed by atoms with van der Waals surface area (Å²) in [6, 6.07) is 3.81. The number of carbonyl (C=O) groups excluding carboxylic acids is 2. The van der Waals surface area contributed by atoms with Crippen LogP contribution in [-0.2, 0) is 4.74 Å². The number of hydrogen-bond donors (Lipinski definition) is 0. The van der Waals surface area contributed by atoms with Crippen molar-refractivity contribution in [3.63, 3.8) is 0 Å². The lowest BCUT2D eigenvalue weighted by atomic mass is 10.0. The number of nitro benzene ring substituents is 1. The van der Waals surface area contributed by atoms with E-state index in [9.17, 15) is 19.7 Å². The molecule has 0 aliphatic heterocycles. The van der Waals surface area contributed by atoms with Gasteiger partial charge in [-0.3, -0.25) is 14.9 Å². The zero-order valence-electron chi connectivity index (χ0n) is 14.0. The minimum Gasteiger partial charge on any atom is -0.465 e. The van der Waals surface area contributed by atoms with Crippen LogP contribution in [0.4, 0.5) is 5.69 Å². The van der Waals surface area contributed by atoms with E-state index in [2.05, 4.69) is 4.74 Å². The number of nitro groups is 1. The topological polar surface area (TPSA) is 89.8 Å². The van der Waals surface area contributed by atoms with Crippen molar-refractivity contribution in [3.8, 4) is 0 Å². The molecule has 0 heterocycles. The van der Waals surface area contributed by atoms with Gasteiger partial charge in [0.2, 0.25) is 0 Å². The van der Waals surface area contributed by atoms with Crippen molar-refractivity contribution < 1.29 is 19.2 Å². The number of hydrogen-bond acceptors (Lipinski definition) is 5. The lowest BCUT2D eigenvalue weighted by Gasteiger charge is -2.27. The molecule has 1 amide bonds. The number of nitrogens with zero attached hydrogens (tertiary/aromatic N) is 2. The first kappa shape index (κ1) is 17.9. The van der Waals surface area contributed by atoms with Crippen LogP contribution in [-0.4, -0.2) is 41.9 Å². The molecule has 24 heavy (non-hydrogen) atoms. The molecule has 0 unspecified atom stereocenters. The molecule has 0 radical (unpaired) electrons. The third kappa shape index (κ3) is 4.10. The van der Waals surface area contributed by atoms with Gasteiger partial charge in [-0.05, 0) is 18.9 Å². The quantitative estimate of drug-likeness (QED) is 0.365. The number of rotatable bonds is 4. The van der Waals surface area contributed by atoms with Gasteiger partial charge in [-0.25, -0.2) is 4.79 Å². The summed E-state index contributed by atoms with van der Waals surface area (Å²) in [5, 5.41) is 11.1. The average molecular weight is 334 g/mol. The summed E-state index contributed by atoms with van der Waals surface area (Å²) < 4.78 is 4.61. The van der Waals surface area contributed by atoms with Crippen molar-refractivity contribution in [1.29, 1.82) is 0 Å². The second-order valence-electron chi connectivity index (χ2n) is 6.08. The van der Waals surface area contributed by atoms with E-state index < -0.39 is 10.9 Å². The van der Waals surface area contributed by atoms with E-state index >= 15 is 0 Å². The van der Waals surface area contributed by atoms with Gasteiger partial charge in [-0.2, -0.15) is 0 Å². The van der Waals surface area contributed by atoms with Gasteiger partial charge in [-0.15, -0.1) is 0 Å². The molecule has 0 aromatic heterocycles. The molecule has 1 aromatic carbocycles. The van der Waals surface area contributed by atoms with E-state index in [-0.39, 0.29) is 28.8 Å². The fourth-order valence-electron chi connectivity index (χ4n) is 3.09. The standard InChI is InChI=1S/C17H22N2O5/c1-18(14-7-5-3-4-6-8-14)16(20)12-9-13(17(21)24-2)11-15(10-12)19(22)23/h9-11,14H,3-8H2,1-2H3. The third-order valence-electron chi connectivity index (χ3n) is 4.49. The first-order valence-corrected chi connectivity index (χ1v) is 8.09. The van der Waals surface area contributed by atoms with Gasteiger partial charge in [0.25, 0.3) is 11.6 Å². The minimum atomic E-state index is -0.704. The van der Waals surface area contributed by atoms with Crippen molar-refractivity contribution in [2.24, 2.45) is 0 Å². The maximum atomic E-state index is 12.7. The van der Waals surface area contributed by atoms with Gasteiger partial charge in [-0.1, -0.05) is 25.7 Å². The second-order valence-corrected chi connectivity index (χ2v) is 6.08. The van der Waals surface area contributed by atoms with Gasteiger partial charge in [0.05, 0.1) is 17.6 Å². The summed E-state index contributed by atoms with van der Waals surface area (Å²) in [7, 11) is 2.91. The Kier molecular flexibility index (Phi) is 5.89. The largest absolute Gasteiger partial charge is 0.465 e. The predicted molar refractivity (Wildman–Crippen MR) is 88.0 cm³/mol. The molecule has 1 aromatic rings. The number of benzene rings is 1. The van der Waals surface area contributed by atoms with Gasteiger partial charge in [0.15, 0.2) is 0 Å². The highest BCUT2D eigenvalue weighted by Gasteiger charge is 2.25. The van der Waals surface area contributed by atoms with Crippen LogP contribution in [0.3, 0.4) is 0 Å². The number of esters is 1. The van der Waals surface area contributed by atoms with Crippen molar-refractivity contribution >= 4 is 17.6 Å². The summed E-state index contributed by atoms with van der Waals surface area (Å²) >= 11 is 0. The predicted octanol–water partition coefficient (Wildman–Crippen LogP) is 3.18. The number of non-ortho nitro benzene ring substituents is 1. The van der Waals surface area contributed by atoms with Crippen molar-refractivity contribution in [3.05, 3.63) is 39.4 Å². The minimum absolute atomic E-state index is 0.00400.